The quantitative estimate of drug-likeness (QED) is 0.600. The van der Waals surface area contributed by atoms with Crippen LogP contribution in [0.25, 0.3) is 11.3 Å². The van der Waals surface area contributed by atoms with Gasteiger partial charge in [0.15, 0.2) is 0 Å². The van der Waals surface area contributed by atoms with Crippen LogP contribution in [0.3, 0.4) is 0 Å². The summed E-state index contributed by atoms with van der Waals surface area (Å²) in [4.78, 5) is 15.4. The van der Waals surface area contributed by atoms with Gasteiger partial charge in [0.05, 0.1) is 18.0 Å². The highest BCUT2D eigenvalue weighted by atomic mass is 16.5. The molecule has 0 spiro atoms. The summed E-state index contributed by atoms with van der Waals surface area (Å²) in [6.07, 6.45) is 1.77. The van der Waals surface area contributed by atoms with E-state index >= 15 is 0 Å². The number of pyridine rings is 1. The van der Waals surface area contributed by atoms with Crippen molar-refractivity contribution >= 4 is 5.97 Å². The van der Waals surface area contributed by atoms with Gasteiger partial charge in [-0.2, -0.15) is 0 Å². The Balaban J connectivity index is 1.66. The normalized spacial score (nSPS) is 11.2. The van der Waals surface area contributed by atoms with Gasteiger partial charge in [-0.15, -0.1) is 5.92 Å². The Labute approximate surface area is 164 Å². The van der Waals surface area contributed by atoms with Crippen molar-refractivity contribution in [2.24, 2.45) is 0 Å². The van der Waals surface area contributed by atoms with E-state index in [1.807, 2.05) is 60.7 Å². The van der Waals surface area contributed by atoms with E-state index < -0.39 is 5.97 Å². The van der Waals surface area contributed by atoms with Crippen molar-refractivity contribution in [1.29, 1.82) is 0 Å². The summed E-state index contributed by atoms with van der Waals surface area (Å²) >= 11 is 0. The molecule has 0 aliphatic heterocycles. The minimum Gasteiger partial charge on any atom is -0.489 e. The molecule has 0 bridgehead atoms. The second-order valence-corrected chi connectivity index (χ2v) is 6.32. The molecule has 4 nitrogen and oxygen atoms in total. The molecule has 0 fully saturated rings. The van der Waals surface area contributed by atoms with Crippen LogP contribution in [-0.4, -0.2) is 16.1 Å². The highest BCUT2D eigenvalue weighted by Gasteiger charge is 2.13. The Morgan fingerprint density at radius 3 is 2.61 bits per heavy atom. The number of carbonyl (C=O) groups is 1. The highest BCUT2D eigenvalue weighted by molar-refractivity contribution is 5.69. The number of rotatable bonds is 7. The number of ether oxygens (including phenoxy) is 1. The molecule has 1 unspecified atom stereocenters. The third-order valence-corrected chi connectivity index (χ3v) is 4.27. The van der Waals surface area contributed by atoms with E-state index in [4.69, 9.17) is 9.84 Å². The number of aliphatic carboxylic acids is 1. The van der Waals surface area contributed by atoms with Crippen molar-refractivity contribution in [2.75, 3.05) is 0 Å². The Bertz CT molecular complexity index is 986. The Morgan fingerprint density at radius 1 is 1.11 bits per heavy atom. The topological polar surface area (TPSA) is 59.4 Å². The van der Waals surface area contributed by atoms with Gasteiger partial charge in [-0.1, -0.05) is 42.3 Å². The molecule has 0 aliphatic rings. The summed E-state index contributed by atoms with van der Waals surface area (Å²) in [6, 6.07) is 21.4. The first-order chi connectivity index (χ1) is 13.7. The molecular formula is C24H21NO3. The monoisotopic (exact) mass is 371 g/mol. The zero-order chi connectivity index (χ0) is 19.8. The van der Waals surface area contributed by atoms with E-state index in [0.29, 0.717) is 6.61 Å². The van der Waals surface area contributed by atoms with Crippen LogP contribution in [0.2, 0.25) is 0 Å². The Kier molecular flexibility index (Phi) is 6.43. The van der Waals surface area contributed by atoms with E-state index in [9.17, 15) is 4.79 Å². The molecule has 3 rings (SSSR count). The first kappa shape index (κ1) is 19.2. The molecule has 0 aliphatic carbocycles. The van der Waals surface area contributed by atoms with Gasteiger partial charge in [0.1, 0.15) is 12.4 Å². The summed E-state index contributed by atoms with van der Waals surface area (Å²) < 4.78 is 5.89. The number of aromatic nitrogens is 1. The Hall–Kier alpha value is -3.58. The second-order valence-electron chi connectivity index (χ2n) is 6.32. The molecule has 0 saturated heterocycles. The van der Waals surface area contributed by atoms with Crippen molar-refractivity contribution in [3.05, 3.63) is 84.1 Å². The third kappa shape index (κ3) is 5.21. The second kappa shape index (κ2) is 9.38. The maximum atomic E-state index is 11.0. The van der Waals surface area contributed by atoms with Crippen molar-refractivity contribution in [3.8, 4) is 28.8 Å². The number of carboxylic acid groups (broad SMARTS) is 1. The van der Waals surface area contributed by atoms with Crippen molar-refractivity contribution in [1.82, 2.24) is 4.98 Å². The minimum atomic E-state index is -0.860. The number of carboxylic acids is 1. The highest BCUT2D eigenvalue weighted by Crippen LogP contribution is 2.23. The van der Waals surface area contributed by atoms with Gasteiger partial charge < -0.3 is 9.84 Å². The molecule has 1 N–H and O–H groups in total. The van der Waals surface area contributed by atoms with Crippen LogP contribution in [-0.2, 0) is 11.4 Å². The maximum absolute atomic E-state index is 11.0. The van der Waals surface area contributed by atoms with Crippen LogP contribution >= 0.6 is 0 Å². The molecule has 0 radical (unpaired) electrons. The smallest absolute Gasteiger partial charge is 0.304 e. The fourth-order valence-corrected chi connectivity index (χ4v) is 2.92. The lowest BCUT2D eigenvalue weighted by atomic mass is 9.96. The van der Waals surface area contributed by atoms with Crippen LogP contribution < -0.4 is 4.74 Å². The van der Waals surface area contributed by atoms with Gasteiger partial charge in [0.25, 0.3) is 0 Å². The summed E-state index contributed by atoms with van der Waals surface area (Å²) in [5.41, 5.74) is 3.90. The van der Waals surface area contributed by atoms with Crippen molar-refractivity contribution < 1.29 is 14.6 Å². The first-order valence-electron chi connectivity index (χ1n) is 9.03. The largest absolute Gasteiger partial charge is 0.489 e. The van der Waals surface area contributed by atoms with Crippen LogP contribution in [0.4, 0.5) is 0 Å². The zero-order valence-electron chi connectivity index (χ0n) is 15.6. The standard InChI is InChI=1S/C24H21NO3/c1-2-6-20(16-24(26)27)19-10-12-22(13-11-19)28-17-18-7-5-8-21(15-18)23-9-3-4-14-25-23/h3-5,7-15,20H,16-17H2,1H3,(H,26,27). The molecule has 3 aromatic rings. The minimum absolute atomic E-state index is 0.0125. The lowest BCUT2D eigenvalue weighted by Gasteiger charge is -2.11. The van der Waals surface area contributed by atoms with Crippen LogP contribution in [0, 0.1) is 11.8 Å². The molecule has 1 atom stereocenters. The van der Waals surface area contributed by atoms with Gasteiger partial charge in [-0.25, -0.2) is 0 Å². The molecule has 2 aromatic carbocycles. The number of benzene rings is 2. The first-order valence-corrected chi connectivity index (χ1v) is 9.03. The lowest BCUT2D eigenvalue weighted by Crippen LogP contribution is -2.04. The fourth-order valence-electron chi connectivity index (χ4n) is 2.92. The predicted octanol–water partition coefficient (Wildman–Crippen LogP) is 4.91. The number of hydrogen-bond acceptors (Lipinski definition) is 3. The van der Waals surface area contributed by atoms with E-state index in [1.165, 1.54) is 0 Å². The molecule has 140 valence electrons. The third-order valence-electron chi connectivity index (χ3n) is 4.27. The number of hydrogen-bond donors (Lipinski definition) is 1. The summed E-state index contributed by atoms with van der Waals surface area (Å²) in [5, 5.41) is 9.04. The summed E-state index contributed by atoms with van der Waals surface area (Å²) in [7, 11) is 0. The average molecular weight is 371 g/mol. The van der Waals surface area contributed by atoms with E-state index in [0.717, 1.165) is 28.1 Å². The molecule has 1 aromatic heterocycles. The molecule has 0 saturated carbocycles. The van der Waals surface area contributed by atoms with Crippen LogP contribution in [0.1, 0.15) is 30.4 Å². The fraction of sp³-hybridized carbons (Fsp3) is 0.167. The lowest BCUT2D eigenvalue weighted by molar-refractivity contribution is -0.137. The van der Waals surface area contributed by atoms with Gasteiger partial charge in [-0.05, 0) is 48.4 Å². The summed E-state index contributed by atoms with van der Waals surface area (Å²) in [6.45, 7) is 2.15. The van der Waals surface area contributed by atoms with Crippen LogP contribution in [0.5, 0.6) is 5.75 Å². The van der Waals surface area contributed by atoms with E-state index in [-0.39, 0.29) is 12.3 Å². The Morgan fingerprint density at radius 2 is 1.93 bits per heavy atom. The van der Waals surface area contributed by atoms with E-state index in [1.54, 1.807) is 13.1 Å². The van der Waals surface area contributed by atoms with Crippen molar-refractivity contribution in [3.63, 3.8) is 0 Å². The van der Waals surface area contributed by atoms with E-state index in [2.05, 4.69) is 22.9 Å². The molecular weight excluding hydrogens is 350 g/mol. The molecule has 4 heteroatoms. The zero-order valence-corrected chi connectivity index (χ0v) is 15.6. The maximum Gasteiger partial charge on any atom is 0.304 e. The van der Waals surface area contributed by atoms with Gasteiger partial charge in [0.2, 0.25) is 0 Å². The number of nitrogens with zero attached hydrogens (tertiary/aromatic N) is 1. The predicted molar refractivity (Wildman–Crippen MR) is 109 cm³/mol. The molecule has 0 amide bonds. The average Bonchev–Trinajstić information content (AvgIpc) is 2.73. The van der Waals surface area contributed by atoms with Gasteiger partial charge >= 0.3 is 5.97 Å². The summed E-state index contributed by atoms with van der Waals surface area (Å²) in [5.74, 6) is 5.31. The van der Waals surface area contributed by atoms with Crippen molar-refractivity contribution in [2.45, 2.75) is 25.9 Å². The SMILES string of the molecule is CC#CC(CC(=O)O)c1ccc(OCc2cccc(-c3ccccn3)c2)cc1. The van der Waals surface area contributed by atoms with Gasteiger partial charge in [0, 0.05) is 11.8 Å². The van der Waals surface area contributed by atoms with Gasteiger partial charge in [-0.3, -0.25) is 9.78 Å². The van der Waals surface area contributed by atoms with Crippen LogP contribution in [0.15, 0.2) is 72.9 Å². The molecule has 28 heavy (non-hydrogen) atoms. The molecule has 1 heterocycles.